The Hall–Kier alpha value is -0.770. The molecule has 0 unspecified atom stereocenters. The number of carboxylic acid groups (broad SMARTS) is 1. The SMILES string of the molecule is O=C(O)[C@H]1[C@@H]2CC[C@@H](C2)[C@H]1NCc1ccc(Cl)cc1Cl. The minimum absolute atomic E-state index is 0.0676. The summed E-state index contributed by atoms with van der Waals surface area (Å²) in [6.07, 6.45) is 3.24. The molecule has 2 saturated carbocycles. The van der Waals surface area contributed by atoms with E-state index in [4.69, 9.17) is 23.2 Å². The van der Waals surface area contributed by atoms with E-state index in [1.807, 2.05) is 6.07 Å². The van der Waals surface area contributed by atoms with Crippen LogP contribution < -0.4 is 5.32 Å². The van der Waals surface area contributed by atoms with Crippen LogP contribution in [0.4, 0.5) is 0 Å². The van der Waals surface area contributed by atoms with Gasteiger partial charge in [0.2, 0.25) is 0 Å². The largest absolute Gasteiger partial charge is 0.481 e. The summed E-state index contributed by atoms with van der Waals surface area (Å²) in [5.41, 5.74) is 0.961. The zero-order chi connectivity index (χ0) is 14.3. The topological polar surface area (TPSA) is 49.3 Å². The summed E-state index contributed by atoms with van der Waals surface area (Å²) in [5, 5.41) is 14.1. The van der Waals surface area contributed by atoms with E-state index in [0.29, 0.717) is 28.4 Å². The first-order chi connectivity index (χ1) is 9.56. The highest BCUT2D eigenvalue weighted by Gasteiger charge is 2.50. The van der Waals surface area contributed by atoms with Gasteiger partial charge in [0.15, 0.2) is 0 Å². The zero-order valence-corrected chi connectivity index (χ0v) is 12.5. The van der Waals surface area contributed by atoms with E-state index in [1.54, 1.807) is 12.1 Å². The average molecular weight is 314 g/mol. The van der Waals surface area contributed by atoms with Gasteiger partial charge in [-0.15, -0.1) is 0 Å². The highest BCUT2D eigenvalue weighted by atomic mass is 35.5. The third-order valence-electron chi connectivity index (χ3n) is 4.74. The molecule has 1 aromatic carbocycles. The Balaban J connectivity index is 1.70. The molecule has 20 heavy (non-hydrogen) atoms. The van der Waals surface area contributed by atoms with Crippen molar-refractivity contribution in [3.63, 3.8) is 0 Å². The van der Waals surface area contributed by atoms with Gasteiger partial charge in [0.05, 0.1) is 5.92 Å². The second kappa shape index (κ2) is 5.55. The van der Waals surface area contributed by atoms with Gasteiger partial charge in [0.1, 0.15) is 0 Å². The number of carboxylic acids is 1. The standard InChI is InChI=1S/C15H17Cl2NO2/c16-11-4-3-10(12(17)6-11)7-18-14-9-2-1-8(5-9)13(14)15(19)20/h3-4,6,8-9,13-14,18H,1-2,5,7H2,(H,19,20)/t8-,9+,13+,14-/m1/s1. The van der Waals surface area contributed by atoms with Crippen molar-refractivity contribution in [2.45, 2.75) is 31.8 Å². The second-order valence-corrected chi connectivity index (χ2v) is 6.68. The summed E-state index contributed by atoms with van der Waals surface area (Å²) in [6, 6.07) is 5.48. The van der Waals surface area contributed by atoms with Crippen LogP contribution >= 0.6 is 23.2 Å². The molecule has 0 radical (unpaired) electrons. The number of hydrogen-bond acceptors (Lipinski definition) is 2. The van der Waals surface area contributed by atoms with E-state index in [0.717, 1.165) is 24.8 Å². The fourth-order valence-electron chi connectivity index (χ4n) is 3.83. The van der Waals surface area contributed by atoms with Gasteiger partial charge in [-0.05, 0) is 48.8 Å². The first-order valence-electron chi connectivity index (χ1n) is 6.96. The summed E-state index contributed by atoms with van der Waals surface area (Å²) >= 11 is 12.0. The molecule has 4 atom stereocenters. The van der Waals surface area contributed by atoms with Crippen molar-refractivity contribution in [2.24, 2.45) is 17.8 Å². The predicted octanol–water partition coefficient (Wildman–Crippen LogP) is 3.58. The van der Waals surface area contributed by atoms with Gasteiger partial charge >= 0.3 is 5.97 Å². The van der Waals surface area contributed by atoms with Gasteiger partial charge in [-0.2, -0.15) is 0 Å². The Morgan fingerprint density at radius 3 is 2.75 bits per heavy atom. The highest BCUT2D eigenvalue weighted by molar-refractivity contribution is 6.35. The lowest BCUT2D eigenvalue weighted by Gasteiger charge is -2.29. The van der Waals surface area contributed by atoms with Crippen molar-refractivity contribution in [1.82, 2.24) is 5.32 Å². The molecular weight excluding hydrogens is 297 g/mol. The molecule has 0 aliphatic heterocycles. The Kier molecular flexibility index (Phi) is 3.93. The number of rotatable bonds is 4. The lowest BCUT2D eigenvalue weighted by atomic mass is 9.84. The Bertz CT molecular complexity index is 535. The second-order valence-electron chi connectivity index (χ2n) is 5.84. The Morgan fingerprint density at radius 1 is 1.30 bits per heavy atom. The molecule has 108 valence electrons. The lowest BCUT2D eigenvalue weighted by molar-refractivity contribution is -0.144. The number of aliphatic carboxylic acids is 1. The normalized spacial score (nSPS) is 31.7. The Labute approximate surface area is 128 Å². The van der Waals surface area contributed by atoms with Crippen molar-refractivity contribution in [3.05, 3.63) is 33.8 Å². The number of fused-ring (bicyclic) bond motifs is 2. The fourth-order valence-corrected chi connectivity index (χ4v) is 4.31. The molecule has 1 aromatic rings. The van der Waals surface area contributed by atoms with Crippen LogP contribution in [-0.4, -0.2) is 17.1 Å². The van der Waals surface area contributed by atoms with Crippen LogP contribution in [0.25, 0.3) is 0 Å². The van der Waals surface area contributed by atoms with Crippen molar-refractivity contribution in [1.29, 1.82) is 0 Å². The number of carbonyl (C=O) groups is 1. The van der Waals surface area contributed by atoms with Crippen molar-refractivity contribution in [2.75, 3.05) is 0 Å². The summed E-state index contributed by atoms with van der Waals surface area (Å²) in [6.45, 7) is 0.591. The van der Waals surface area contributed by atoms with Crippen LogP contribution in [0, 0.1) is 17.8 Å². The summed E-state index contributed by atoms with van der Waals surface area (Å²) in [5.74, 6) is -0.0837. The molecule has 3 nitrogen and oxygen atoms in total. The van der Waals surface area contributed by atoms with Gasteiger partial charge in [-0.25, -0.2) is 0 Å². The smallest absolute Gasteiger partial charge is 0.308 e. The quantitative estimate of drug-likeness (QED) is 0.893. The third-order valence-corrected chi connectivity index (χ3v) is 5.33. The minimum Gasteiger partial charge on any atom is -0.481 e. The van der Waals surface area contributed by atoms with Crippen molar-refractivity contribution in [3.8, 4) is 0 Å². The first-order valence-corrected chi connectivity index (χ1v) is 7.72. The predicted molar refractivity (Wildman–Crippen MR) is 79.0 cm³/mol. The minimum atomic E-state index is -0.670. The first kappa shape index (κ1) is 14.2. The highest BCUT2D eigenvalue weighted by Crippen LogP contribution is 2.48. The van der Waals surface area contributed by atoms with Crippen LogP contribution in [-0.2, 0) is 11.3 Å². The van der Waals surface area contributed by atoms with Crippen LogP contribution in [0.2, 0.25) is 10.0 Å². The van der Waals surface area contributed by atoms with E-state index >= 15 is 0 Å². The van der Waals surface area contributed by atoms with Gasteiger partial charge in [-0.1, -0.05) is 29.3 Å². The van der Waals surface area contributed by atoms with Crippen LogP contribution in [0.15, 0.2) is 18.2 Å². The summed E-state index contributed by atoms with van der Waals surface area (Å²) in [4.78, 5) is 11.4. The van der Waals surface area contributed by atoms with E-state index in [1.165, 1.54) is 0 Å². The number of halogens is 2. The van der Waals surface area contributed by atoms with E-state index < -0.39 is 5.97 Å². The molecule has 2 fully saturated rings. The molecule has 0 saturated heterocycles. The van der Waals surface area contributed by atoms with E-state index in [2.05, 4.69) is 5.32 Å². The monoisotopic (exact) mass is 313 g/mol. The molecule has 2 N–H and O–H groups in total. The van der Waals surface area contributed by atoms with Crippen LogP contribution in [0.3, 0.4) is 0 Å². The fraction of sp³-hybridized carbons (Fsp3) is 0.533. The molecule has 2 aliphatic rings. The molecular formula is C15H17Cl2NO2. The van der Waals surface area contributed by atoms with Gasteiger partial charge in [0, 0.05) is 22.6 Å². The van der Waals surface area contributed by atoms with Crippen molar-refractivity contribution >= 4 is 29.2 Å². The Morgan fingerprint density at radius 2 is 2.05 bits per heavy atom. The summed E-state index contributed by atoms with van der Waals surface area (Å²) in [7, 11) is 0. The maximum absolute atomic E-state index is 11.4. The van der Waals surface area contributed by atoms with Crippen molar-refractivity contribution < 1.29 is 9.90 Å². The number of nitrogens with one attached hydrogen (secondary N) is 1. The molecule has 2 aliphatic carbocycles. The average Bonchev–Trinajstić information content (AvgIpc) is 2.97. The maximum Gasteiger partial charge on any atom is 0.308 e. The van der Waals surface area contributed by atoms with Crippen LogP contribution in [0.1, 0.15) is 24.8 Å². The molecule has 0 aromatic heterocycles. The third kappa shape index (κ3) is 2.54. The lowest BCUT2D eigenvalue weighted by Crippen LogP contribution is -2.43. The van der Waals surface area contributed by atoms with Gasteiger partial charge in [0.25, 0.3) is 0 Å². The molecule has 0 spiro atoms. The summed E-state index contributed by atoms with van der Waals surface area (Å²) < 4.78 is 0. The van der Waals surface area contributed by atoms with Gasteiger partial charge in [-0.3, -0.25) is 4.79 Å². The number of hydrogen-bond donors (Lipinski definition) is 2. The van der Waals surface area contributed by atoms with Gasteiger partial charge < -0.3 is 10.4 Å². The van der Waals surface area contributed by atoms with E-state index in [9.17, 15) is 9.90 Å². The molecule has 5 heteroatoms. The maximum atomic E-state index is 11.4. The molecule has 0 amide bonds. The molecule has 2 bridgehead atoms. The number of benzene rings is 1. The van der Waals surface area contributed by atoms with E-state index in [-0.39, 0.29) is 12.0 Å². The zero-order valence-electron chi connectivity index (χ0n) is 11.0. The molecule has 3 rings (SSSR count). The molecule has 0 heterocycles. The van der Waals surface area contributed by atoms with Crippen LogP contribution in [0.5, 0.6) is 0 Å².